The molecule has 1 saturated heterocycles. The van der Waals surface area contributed by atoms with Gasteiger partial charge in [0.15, 0.2) is 0 Å². The van der Waals surface area contributed by atoms with E-state index in [9.17, 15) is 0 Å². The molecule has 0 aliphatic carbocycles. The van der Waals surface area contributed by atoms with Gasteiger partial charge < -0.3 is 5.32 Å². The molecule has 3 heteroatoms. The molecule has 1 aliphatic heterocycles. The zero-order valence-corrected chi connectivity index (χ0v) is 13.9. The number of thioether (sulfide) groups is 1. The summed E-state index contributed by atoms with van der Waals surface area (Å²) in [6.45, 7) is 17.6. The number of nitrogens with zero attached hydrogens (tertiary/aromatic N) is 1. The van der Waals surface area contributed by atoms with E-state index in [-0.39, 0.29) is 0 Å². The standard InChI is InChI=1S/C15H32N2S/c1-12(2)16-11-13(3)14(4)17-8-7-15(5,6)18-10-9-17/h12-14,16H,7-11H2,1-6H3. The van der Waals surface area contributed by atoms with E-state index < -0.39 is 0 Å². The van der Waals surface area contributed by atoms with Gasteiger partial charge in [0.05, 0.1) is 0 Å². The molecule has 2 unspecified atom stereocenters. The fourth-order valence-corrected chi connectivity index (χ4v) is 3.51. The average molecular weight is 273 g/mol. The predicted octanol–water partition coefficient (Wildman–Crippen LogP) is 3.23. The van der Waals surface area contributed by atoms with Gasteiger partial charge in [0.2, 0.25) is 0 Å². The van der Waals surface area contributed by atoms with E-state index in [1.54, 1.807) is 0 Å². The molecule has 1 heterocycles. The topological polar surface area (TPSA) is 15.3 Å². The van der Waals surface area contributed by atoms with Gasteiger partial charge in [-0.2, -0.15) is 11.8 Å². The van der Waals surface area contributed by atoms with E-state index in [1.807, 2.05) is 0 Å². The molecule has 1 rings (SSSR count). The average Bonchev–Trinajstić information content (AvgIpc) is 2.46. The zero-order valence-electron chi connectivity index (χ0n) is 13.1. The zero-order chi connectivity index (χ0) is 13.8. The minimum absolute atomic E-state index is 0.466. The van der Waals surface area contributed by atoms with Crippen molar-refractivity contribution in [1.82, 2.24) is 10.2 Å². The lowest BCUT2D eigenvalue weighted by Gasteiger charge is -2.33. The van der Waals surface area contributed by atoms with Crippen molar-refractivity contribution in [1.29, 1.82) is 0 Å². The van der Waals surface area contributed by atoms with Crippen LogP contribution >= 0.6 is 11.8 Å². The van der Waals surface area contributed by atoms with Crippen LogP contribution in [0.2, 0.25) is 0 Å². The molecule has 0 aromatic heterocycles. The van der Waals surface area contributed by atoms with Gasteiger partial charge in [-0.1, -0.05) is 34.6 Å². The Bertz CT molecular complexity index is 241. The van der Waals surface area contributed by atoms with Crippen LogP contribution in [-0.2, 0) is 0 Å². The van der Waals surface area contributed by atoms with Crippen molar-refractivity contribution in [2.45, 2.75) is 64.8 Å². The molecule has 1 fully saturated rings. The number of hydrogen-bond acceptors (Lipinski definition) is 3. The summed E-state index contributed by atoms with van der Waals surface area (Å²) in [6, 6.07) is 1.28. The highest BCUT2D eigenvalue weighted by molar-refractivity contribution is 8.00. The van der Waals surface area contributed by atoms with Crippen LogP contribution in [0, 0.1) is 5.92 Å². The maximum absolute atomic E-state index is 3.57. The minimum atomic E-state index is 0.466. The largest absolute Gasteiger partial charge is 0.314 e. The summed E-state index contributed by atoms with van der Waals surface area (Å²) in [5.41, 5.74) is 0. The molecular formula is C15H32N2S. The predicted molar refractivity (Wildman–Crippen MR) is 84.5 cm³/mol. The van der Waals surface area contributed by atoms with Crippen molar-refractivity contribution >= 4 is 11.8 Å². The molecule has 1 N–H and O–H groups in total. The summed E-state index contributed by atoms with van der Waals surface area (Å²) in [5.74, 6) is 2.00. The van der Waals surface area contributed by atoms with Crippen molar-refractivity contribution < 1.29 is 0 Å². The first-order valence-electron chi connectivity index (χ1n) is 7.43. The van der Waals surface area contributed by atoms with Crippen LogP contribution in [0.3, 0.4) is 0 Å². The molecular weight excluding hydrogens is 240 g/mol. The van der Waals surface area contributed by atoms with Crippen molar-refractivity contribution in [3.05, 3.63) is 0 Å². The Morgan fingerprint density at radius 2 is 1.83 bits per heavy atom. The van der Waals surface area contributed by atoms with Crippen LogP contribution < -0.4 is 5.32 Å². The van der Waals surface area contributed by atoms with Gasteiger partial charge in [-0.25, -0.2) is 0 Å². The molecule has 0 spiro atoms. The molecule has 0 aromatic rings. The summed E-state index contributed by atoms with van der Waals surface area (Å²) < 4.78 is 0.466. The van der Waals surface area contributed by atoms with Crippen molar-refractivity contribution in [3.63, 3.8) is 0 Å². The summed E-state index contributed by atoms with van der Waals surface area (Å²) in [6.07, 6.45) is 1.31. The highest BCUT2D eigenvalue weighted by Gasteiger charge is 2.27. The molecule has 2 nitrogen and oxygen atoms in total. The summed E-state index contributed by atoms with van der Waals surface area (Å²) >= 11 is 2.14. The highest BCUT2D eigenvalue weighted by atomic mass is 32.2. The Morgan fingerprint density at radius 3 is 2.44 bits per heavy atom. The van der Waals surface area contributed by atoms with Crippen LogP contribution in [0.4, 0.5) is 0 Å². The Labute approximate surface area is 118 Å². The van der Waals surface area contributed by atoms with Gasteiger partial charge in [0.1, 0.15) is 0 Å². The van der Waals surface area contributed by atoms with E-state index in [0.29, 0.717) is 16.8 Å². The Hall–Kier alpha value is 0.270. The van der Waals surface area contributed by atoms with Crippen molar-refractivity contribution in [3.8, 4) is 0 Å². The summed E-state index contributed by atoms with van der Waals surface area (Å²) in [4.78, 5) is 2.69. The third kappa shape index (κ3) is 5.50. The fraction of sp³-hybridized carbons (Fsp3) is 1.00. The van der Waals surface area contributed by atoms with Crippen LogP contribution in [-0.4, -0.2) is 47.1 Å². The molecule has 0 saturated carbocycles. The monoisotopic (exact) mass is 272 g/mol. The van der Waals surface area contributed by atoms with Gasteiger partial charge in [-0.15, -0.1) is 0 Å². The van der Waals surface area contributed by atoms with E-state index in [1.165, 1.54) is 25.3 Å². The maximum Gasteiger partial charge on any atom is 0.0116 e. The Balaban J connectivity index is 2.43. The van der Waals surface area contributed by atoms with E-state index in [0.717, 1.165) is 12.5 Å². The van der Waals surface area contributed by atoms with Gasteiger partial charge >= 0.3 is 0 Å². The number of hydrogen-bond donors (Lipinski definition) is 1. The molecule has 0 radical (unpaired) electrons. The van der Waals surface area contributed by atoms with Crippen LogP contribution in [0.5, 0.6) is 0 Å². The molecule has 2 atom stereocenters. The smallest absolute Gasteiger partial charge is 0.0116 e. The quantitative estimate of drug-likeness (QED) is 0.827. The maximum atomic E-state index is 3.57. The summed E-state index contributed by atoms with van der Waals surface area (Å²) in [5, 5.41) is 3.57. The number of nitrogens with one attached hydrogen (secondary N) is 1. The Kier molecular flexibility index (Phi) is 6.49. The Morgan fingerprint density at radius 1 is 1.17 bits per heavy atom. The minimum Gasteiger partial charge on any atom is -0.314 e. The summed E-state index contributed by atoms with van der Waals surface area (Å²) in [7, 11) is 0. The first-order valence-corrected chi connectivity index (χ1v) is 8.42. The highest BCUT2D eigenvalue weighted by Crippen LogP contribution is 2.31. The van der Waals surface area contributed by atoms with Gasteiger partial charge in [0, 0.05) is 29.1 Å². The molecule has 1 aliphatic rings. The van der Waals surface area contributed by atoms with Crippen molar-refractivity contribution in [2.75, 3.05) is 25.4 Å². The van der Waals surface area contributed by atoms with Gasteiger partial charge in [-0.3, -0.25) is 4.90 Å². The second kappa shape index (κ2) is 7.16. The number of rotatable bonds is 5. The lowest BCUT2D eigenvalue weighted by atomic mass is 10.0. The molecule has 0 bridgehead atoms. The van der Waals surface area contributed by atoms with E-state index in [4.69, 9.17) is 0 Å². The van der Waals surface area contributed by atoms with E-state index >= 15 is 0 Å². The molecule has 0 aromatic carbocycles. The second-order valence-corrected chi connectivity index (χ2v) is 8.48. The molecule has 0 amide bonds. The first-order chi connectivity index (χ1) is 8.32. The molecule has 18 heavy (non-hydrogen) atoms. The molecule has 108 valence electrons. The SMILES string of the molecule is CC(C)NCC(C)C(C)N1CCSC(C)(C)CC1. The van der Waals surface area contributed by atoms with Crippen LogP contribution in [0.25, 0.3) is 0 Å². The van der Waals surface area contributed by atoms with Gasteiger partial charge in [-0.05, 0) is 32.4 Å². The third-order valence-corrected chi connectivity index (χ3v) is 5.49. The second-order valence-electron chi connectivity index (χ2n) is 6.67. The third-order valence-electron chi connectivity index (χ3n) is 4.12. The van der Waals surface area contributed by atoms with Crippen LogP contribution in [0.15, 0.2) is 0 Å². The lowest BCUT2D eigenvalue weighted by molar-refractivity contribution is 0.165. The first kappa shape index (κ1) is 16.3. The van der Waals surface area contributed by atoms with Crippen LogP contribution in [0.1, 0.15) is 48.0 Å². The lowest BCUT2D eigenvalue weighted by Crippen LogP contribution is -2.43. The van der Waals surface area contributed by atoms with E-state index in [2.05, 4.69) is 63.5 Å². The normalized spacial score (nSPS) is 24.8. The van der Waals surface area contributed by atoms with Gasteiger partial charge in [0.25, 0.3) is 0 Å². The van der Waals surface area contributed by atoms with Crippen molar-refractivity contribution in [2.24, 2.45) is 5.92 Å². The fourth-order valence-electron chi connectivity index (χ4n) is 2.40.